The molecule has 1 N–H and O–H groups in total. The largest absolute Gasteiger partial charge is 0.389 e. The van der Waals surface area contributed by atoms with Crippen molar-refractivity contribution in [1.82, 2.24) is 0 Å². The van der Waals surface area contributed by atoms with Gasteiger partial charge in [-0.3, -0.25) is 0 Å². The monoisotopic (exact) mass is 251 g/mol. The first kappa shape index (κ1) is 13.3. The smallest absolute Gasteiger partial charge is 0.146 e. The molecule has 0 saturated carbocycles. The lowest BCUT2D eigenvalue weighted by molar-refractivity contribution is 0.199. The van der Waals surface area contributed by atoms with Crippen molar-refractivity contribution in [3.8, 4) is 0 Å². The Bertz CT molecular complexity index is 384. The van der Waals surface area contributed by atoms with Crippen LogP contribution in [-0.4, -0.2) is 18.2 Å². The summed E-state index contributed by atoms with van der Waals surface area (Å²) < 4.78 is 14.1. The summed E-state index contributed by atoms with van der Waals surface area (Å²) in [4.78, 5) is 2.14. The summed E-state index contributed by atoms with van der Waals surface area (Å²) in [7, 11) is 0. The second kappa shape index (κ2) is 6.19. The van der Waals surface area contributed by atoms with E-state index in [1.807, 2.05) is 6.07 Å². The van der Waals surface area contributed by atoms with Crippen LogP contribution < -0.4 is 4.90 Å². The van der Waals surface area contributed by atoms with E-state index in [9.17, 15) is 9.50 Å². The summed E-state index contributed by atoms with van der Waals surface area (Å²) >= 11 is 0. The number of rotatable bonds is 2. The van der Waals surface area contributed by atoms with E-state index in [4.69, 9.17) is 0 Å². The fraction of sp³-hybridized carbons (Fsp3) is 0.600. The molecule has 0 amide bonds. The molecule has 18 heavy (non-hydrogen) atoms. The lowest BCUT2D eigenvalue weighted by Crippen LogP contribution is -2.27. The third-order valence-electron chi connectivity index (χ3n) is 3.65. The Hall–Kier alpha value is -1.09. The summed E-state index contributed by atoms with van der Waals surface area (Å²) in [5.41, 5.74) is 1.32. The van der Waals surface area contributed by atoms with Crippen molar-refractivity contribution in [1.29, 1.82) is 0 Å². The summed E-state index contributed by atoms with van der Waals surface area (Å²) in [6.07, 6.45) is 5.45. The summed E-state index contributed by atoms with van der Waals surface area (Å²) in [5.74, 6) is -0.214. The average molecular weight is 251 g/mol. The van der Waals surface area contributed by atoms with Gasteiger partial charge in [-0.25, -0.2) is 4.39 Å². The highest BCUT2D eigenvalue weighted by Crippen LogP contribution is 2.25. The van der Waals surface area contributed by atoms with Crippen molar-refractivity contribution < 1.29 is 9.50 Å². The molecule has 0 aromatic heterocycles. The predicted molar refractivity (Wildman–Crippen MR) is 72.3 cm³/mol. The number of anilines is 1. The summed E-state index contributed by atoms with van der Waals surface area (Å²) in [5, 5.41) is 9.45. The van der Waals surface area contributed by atoms with Gasteiger partial charge < -0.3 is 10.0 Å². The molecule has 1 aromatic carbocycles. The van der Waals surface area contributed by atoms with E-state index >= 15 is 0 Å². The number of benzene rings is 1. The number of hydrogen-bond donors (Lipinski definition) is 1. The van der Waals surface area contributed by atoms with E-state index in [2.05, 4.69) is 4.90 Å². The fourth-order valence-corrected chi connectivity index (χ4v) is 2.53. The summed E-state index contributed by atoms with van der Waals surface area (Å²) in [6.45, 7) is 3.53. The van der Waals surface area contributed by atoms with Gasteiger partial charge in [0.15, 0.2) is 0 Å². The van der Waals surface area contributed by atoms with Crippen LogP contribution in [0.5, 0.6) is 0 Å². The maximum atomic E-state index is 14.1. The van der Waals surface area contributed by atoms with E-state index in [0.29, 0.717) is 11.3 Å². The maximum Gasteiger partial charge on any atom is 0.146 e. The number of nitrogens with zero attached hydrogens (tertiary/aromatic N) is 1. The molecule has 1 aliphatic heterocycles. The molecule has 2 nitrogen and oxygen atoms in total. The molecule has 0 unspecified atom stereocenters. The van der Waals surface area contributed by atoms with E-state index in [1.165, 1.54) is 25.3 Å². The van der Waals surface area contributed by atoms with Crippen LogP contribution in [0.4, 0.5) is 10.1 Å². The van der Waals surface area contributed by atoms with Crippen LogP contribution in [0.1, 0.15) is 50.7 Å². The Morgan fingerprint density at radius 2 is 1.72 bits per heavy atom. The highest BCUT2D eigenvalue weighted by atomic mass is 19.1. The van der Waals surface area contributed by atoms with Crippen LogP contribution >= 0.6 is 0 Å². The van der Waals surface area contributed by atoms with Gasteiger partial charge in [0.2, 0.25) is 0 Å². The quantitative estimate of drug-likeness (QED) is 0.867. The molecular formula is C15H22FNO. The highest BCUT2D eigenvalue weighted by Gasteiger charge is 2.14. The zero-order chi connectivity index (χ0) is 13.0. The van der Waals surface area contributed by atoms with Crippen molar-refractivity contribution in [3.05, 3.63) is 29.6 Å². The SMILES string of the molecule is C[C@H](O)c1ccc(N2CCCCCCC2)c(F)c1. The van der Waals surface area contributed by atoms with Gasteiger partial charge in [-0.1, -0.05) is 25.3 Å². The molecule has 1 fully saturated rings. The topological polar surface area (TPSA) is 23.5 Å². The second-order valence-corrected chi connectivity index (χ2v) is 5.14. The van der Waals surface area contributed by atoms with Crippen LogP contribution in [0.2, 0.25) is 0 Å². The van der Waals surface area contributed by atoms with Gasteiger partial charge in [0.05, 0.1) is 11.8 Å². The van der Waals surface area contributed by atoms with Crippen LogP contribution in [0.25, 0.3) is 0 Å². The van der Waals surface area contributed by atoms with Crippen molar-refractivity contribution in [3.63, 3.8) is 0 Å². The minimum Gasteiger partial charge on any atom is -0.389 e. The van der Waals surface area contributed by atoms with Crippen molar-refractivity contribution in [2.24, 2.45) is 0 Å². The zero-order valence-corrected chi connectivity index (χ0v) is 11.0. The molecule has 1 atom stereocenters. The maximum absolute atomic E-state index is 14.1. The summed E-state index contributed by atoms with van der Waals surface area (Å²) in [6, 6.07) is 5.08. The lowest BCUT2D eigenvalue weighted by Gasteiger charge is -2.27. The lowest BCUT2D eigenvalue weighted by atomic mass is 10.1. The van der Waals surface area contributed by atoms with E-state index in [-0.39, 0.29) is 5.82 Å². The first-order valence-corrected chi connectivity index (χ1v) is 6.91. The van der Waals surface area contributed by atoms with Gasteiger partial charge >= 0.3 is 0 Å². The van der Waals surface area contributed by atoms with Crippen molar-refractivity contribution in [2.75, 3.05) is 18.0 Å². The molecule has 0 spiro atoms. The van der Waals surface area contributed by atoms with Crippen LogP contribution in [0.3, 0.4) is 0 Å². The highest BCUT2D eigenvalue weighted by molar-refractivity contribution is 5.49. The van der Waals surface area contributed by atoms with Gasteiger partial charge in [-0.05, 0) is 37.5 Å². The van der Waals surface area contributed by atoms with Crippen molar-refractivity contribution >= 4 is 5.69 Å². The molecule has 3 heteroatoms. The molecule has 0 aliphatic carbocycles. The second-order valence-electron chi connectivity index (χ2n) is 5.14. The number of halogens is 1. The first-order valence-electron chi connectivity index (χ1n) is 6.91. The Labute approximate surface area is 108 Å². The Morgan fingerprint density at radius 3 is 2.28 bits per heavy atom. The van der Waals surface area contributed by atoms with Crippen molar-refractivity contribution in [2.45, 2.75) is 45.1 Å². The third-order valence-corrected chi connectivity index (χ3v) is 3.65. The molecule has 1 heterocycles. The molecule has 1 aliphatic rings. The number of hydrogen-bond acceptors (Lipinski definition) is 2. The standard InChI is InChI=1S/C15H22FNO/c1-12(18)13-7-8-15(14(16)11-13)17-9-5-3-2-4-6-10-17/h7-8,11-12,18H,2-6,9-10H2,1H3/t12-/m0/s1. The van der Waals surface area contributed by atoms with Gasteiger partial charge in [-0.15, -0.1) is 0 Å². The molecule has 0 bridgehead atoms. The molecule has 0 radical (unpaired) electrons. The normalized spacial score (nSPS) is 19.2. The molecule has 2 rings (SSSR count). The molecule has 1 aromatic rings. The van der Waals surface area contributed by atoms with E-state index < -0.39 is 6.10 Å². The van der Waals surface area contributed by atoms with Gasteiger partial charge in [0.1, 0.15) is 5.82 Å². The van der Waals surface area contributed by atoms with Gasteiger partial charge in [0, 0.05) is 13.1 Å². The Morgan fingerprint density at radius 1 is 1.11 bits per heavy atom. The number of aliphatic hydroxyl groups excluding tert-OH is 1. The fourth-order valence-electron chi connectivity index (χ4n) is 2.53. The van der Waals surface area contributed by atoms with E-state index in [1.54, 1.807) is 13.0 Å². The van der Waals surface area contributed by atoms with Gasteiger partial charge in [0.25, 0.3) is 0 Å². The molecular weight excluding hydrogens is 229 g/mol. The number of aliphatic hydroxyl groups is 1. The predicted octanol–water partition coefficient (Wildman–Crippen LogP) is 3.65. The van der Waals surface area contributed by atoms with Gasteiger partial charge in [-0.2, -0.15) is 0 Å². The zero-order valence-electron chi connectivity index (χ0n) is 11.0. The molecule has 100 valence electrons. The first-order chi connectivity index (χ1) is 8.68. The van der Waals surface area contributed by atoms with Crippen LogP contribution in [-0.2, 0) is 0 Å². The average Bonchev–Trinajstić information content (AvgIpc) is 2.29. The van der Waals surface area contributed by atoms with E-state index in [0.717, 1.165) is 25.9 Å². The minimum atomic E-state index is -0.610. The Kier molecular flexibility index (Phi) is 4.59. The minimum absolute atomic E-state index is 0.214. The third kappa shape index (κ3) is 3.22. The molecule has 1 saturated heterocycles. The van der Waals surface area contributed by atoms with Crippen LogP contribution in [0, 0.1) is 5.82 Å². The Balaban J connectivity index is 2.15. The van der Waals surface area contributed by atoms with Crippen LogP contribution in [0.15, 0.2) is 18.2 Å².